The van der Waals surface area contributed by atoms with Crippen molar-refractivity contribution in [2.75, 3.05) is 11.9 Å². The van der Waals surface area contributed by atoms with Gasteiger partial charge in [-0.3, -0.25) is 0 Å². The molecule has 100 valence electrons. The van der Waals surface area contributed by atoms with Crippen LogP contribution in [0.25, 0.3) is 0 Å². The van der Waals surface area contributed by atoms with E-state index in [9.17, 15) is 4.39 Å². The molecule has 0 bridgehead atoms. The lowest BCUT2D eigenvalue weighted by molar-refractivity contribution is 0.619. The number of hydrogen-bond acceptors (Lipinski definition) is 3. The minimum absolute atomic E-state index is 0.192. The number of thiocarbonyl (C=S) groups is 1. The van der Waals surface area contributed by atoms with E-state index in [4.69, 9.17) is 18.0 Å². The maximum atomic E-state index is 14.0. The second-order valence-corrected chi connectivity index (χ2v) is 4.78. The summed E-state index contributed by atoms with van der Waals surface area (Å²) in [6.45, 7) is 0.521. The van der Waals surface area contributed by atoms with E-state index in [1.807, 2.05) is 24.9 Å². The van der Waals surface area contributed by atoms with Gasteiger partial charge < -0.3 is 15.2 Å². The maximum Gasteiger partial charge on any atom is 0.147 e. The van der Waals surface area contributed by atoms with Crippen molar-refractivity contribution in [3.63, 3.8) is 0 Å². The van der Waals surface area contributed by atoms with Gasteiger partial charge in [0, 0.05) is 32.1 Å². The summed E-state index contributed by atoms with van der Waals surface area (Å²) >= 11 is 4.83. The van der Waals surface area contributed by atoms with Crippen LogP contribution in [-0.2, 0) is 13.6 Å². The van der Waals surface area contributed by atoms with Crippen molar-refractivity contribution in [2.24, 2.45) is 12.8 Å². The summed E-state index contributed by atoms with van der Waals surface area (Å²) in [6.07, 6.45) is 3.57. The summed E-state index contributed by atoms with van der Waals surface area (Å²) in [6, 6.07) is 4.75. The van der Waals surface area contributed by atoms with Crippen LogP contribution < -0.4 is 10.6 Å². The van der Waals surface area contributed by atoms with Crippen molar-refractivity contribution in [3.8, 4) is 0 Å². The number of anilines is 1. The van der Waals surface area contributed by atoms with Crippen molar-refractivity contribution < 1.29 is 4.39 Å². The molecule has 2 N–H and O–H groups in total. The van der Waals surface area contributed by atoms with E-state index >= 15 is 0 Å². The largest absolute Gasteiger partial charge is 0.389 e. The fourth-order valence-electron chi connectivity index (χ4n) is 1.82. The Hall–Kier alpha value is -1.95. The summed E-state index contributed by atoms with van der Waals surface area (Å²) in [5.74, 6) is 0.516. The molecule has 0 radical (unpaired) electrons. The molecule has 0 saturated carbocycles. The highest BCUT2D eigenvalue weighted by Crippen LogP contribution is 2.20. The van der Waals surface area contributed by atoms with Crippen molar-refractivity contribution >= 4 is 22.9 Å². The molecule has 0 unspecified atom stereocenters. The number of aromatic nitrogens is 2. The molecule has 1 heterocycles. The second kappa shape index (κ2) is 5.36. The average molecular weight is 278 g/mol. The van der Waals surface area contributed by atoms with Gasteiger partial charge in [0.2, 0.25) is 0 Å². The second-order valence-electron chi connectivity index (χ2n) is 4.34. The lowest BCUT2D eigenvalue weighted by atomic mass is 10.2. The number of benzene rings is 1. The third-order valence-electron chi connectivity index (χ3n) is 2.94. The molecule has 0 aliphatic heterocycles. The Balaban J connectivity index is 2.22. The smallest absolute Gasteiger partial charge is 0.147 e. The SMILES string of the molecule is CN(Cc1nccn1C)c1ccc(C(N)=S)cc1F. The summed E-state index contributed by atoms with van der Waals surface area (Å²) in [4.78, 5) is 6.20. The first kappa shape index (κ1) is 13.5. The Bertz CT molecular complexity index is 608. The van der Waals surface area contributed by atoms with Gasteiger partial charge in [-0.2, -0.15) is 0 Å². The molecule has 0 amide bonds. The quantitative estimate of drug-likeness (QED) is 0.867. The first-order valence-corrected chi connectivity index (χ1v) is 6.16. The van der Waals surface area contributed by atoms with Gasteiger partial charge >= 0.3 is 0 Å². The van der Waals surface area contributed by atoms with Gasteiger partial charge in [0.25, 0.3) is 0 Å². The molecule has 4 nitrogen and oxygen atoms in total. The number of rotatable bonds is 4. The Morgan fingerprint density at radius 1 is 1.53 bits per heavy atom. The van der Waals surface area contributed by atoms with E-state index in [2.05, 4.69) is 4.98 Å². The minimum Gasteiger partial charge on any atom is -0.389 e. The molecule has 0 fully saturated rings. The molecule has 0 spiro atoms. The highest BCUT2D eigenvalue weighted by atomic mass is 32.1. The first-order valence-electron chi connectivity index (χ1n) is 5.75. The van der Waals surface area contributed by atoms with Gasteiger partial charge in [-0.25, -0.2) is 9.37 Å². The lowest BCUT2D eigenvalue weighted by Gasteiger charge is -2.20. The minimum atomic E-state index is -0.345. The molecular formula is C13H15FN4S. The number of hydrogen-bond donors (Lipinski definition) is 1. The van der Waals surface area contributed by atoms with Crippen LogP contribution in [-0.4, -0.2) is 21.6 Å². The average Bonchev–Trinajstić information content (AvgIpc) is 2.74. The van der Waals surface area contributed by atoms with Crippen molar-refractivity contribution in [1.29, 1.82) is 0 Å². The number of nitrogens with two attached hydrogens (primary N) is 1. The van der Waals surface area contributed by atoms with Crippen LogP contribution in [0.3, 0.4) is 0 Å². The van der Waals surface area contributed by atoms with E-state index in [0.29, 0.717) is 17.8 Å². The topological polar surface area (TPSA) is 47.1 Å². The van der Waals surface area contributed by atoms with Gasteiger partial charge in [0.15, 0.2) is 0 Å². The standard InChI is InChI=1S/C13H15FN4S/c1-17-6-5-16-12(17)8-18(2)11-4-3-9(13(15)19)7-10(11)14/h3-7H,8H2,1-2H3,(H2,15,19). The van der Waals surface area contributed by atoms with Gasteiger partial charge in [-0.15, -0.1) is 0 Å². The number of imidazole rings is 1. The van der Waals surface area contributed by atoms with Crippen LogP contribution in [0.4, 0.5) is 10.1 Å². The molecule has 0 aliphatic rings. The van der Waals surface area contributed by atoms with E-state index in [-0.39, 0.29) is 10.8 Å². The Kier molecular flexibility index (Phi) is 3.80. The highest BCUT2D eigenvalue weighted by molar-refractivity contribution is 7.80. The van der Waals surface area contributed by atoms with Crippen molar-refractivity contribution in [2.45, 2.75) is 6.54 Å². The van der Waals surface area contributed by atoms with Gasteiger partial charge in [-0.1, -0.05) is 12.2 Å². The Morgan fingerprint density at radius 3 is 2.79 bits per heavy atom. The zero-order chi connectivity index (χ0) is 14.0. The van der Waals surface area contributed by atoms with Crippen LogP contribution in [0, 0.1) is 5.82 Å². The predicted octanol–water partition coefficient (Wildman–Crippen LogP) is 1.83. The maximum absolute atomic E-state index is 14.0. The molecule has 2 rings (SSSR count). The van der Waals surface area contributed by atoms with Crippen LogP contribution in [0.2, 0.25) is 0 Å². The third-order valence-corrected chi connectivity index (χ3v) is 3.18. The van der Waals surface area contributed by atoms with Crippen LogP contribution >= 0.6 is 12.2 Å². The van der Waals surface area contributed by atoms with Gasteiger partial charge in [0.1, 0.15) is 16.6 Å². The fraction of sp³-hybridized carbons (Fsp3) is 0.231. The van der Waals surface area contributed by atoms with Crippen LogP contribution in [0.5, 0.6) is 0 Å². The Morgan fingerprint density at radius 2 is 2.26 bits per heavy atom. The van der Waals surface area contributed by atoms with E-state index < -0.39 is 0 Å². The molecule has 1 aromatic heterocycles. The molecule has 0 atom stereocenters. The van der Waals surface area contributed by atoms with Gasteiger partial charge in [0.05, 0.1) is 12.2 Å². The molecule has 0 aliphatic carbocycles. The van der Waals surface area contributed by atoms with Crippen molar-refractivity contribution in [3.05, 3.63) is 47.8 Å². The van der Waals surface area contributed by atoms with Crippen LogP contribution in [0.15, 0.2) is 30.6 Å². The number of aryl methyl sites for hydroxylation is 1. The lowest BCUT2D eigenvalue weighted by Crippen LogP contribution is -2.20. The zero-order valence-corrected chi connectivity index (χ0v) is 11.6. The zero-order valence-electron chi connectivity index (χ0n) is 10.8. The highest BCUT2D eigenvalue weighted by Gasteiger charge is 2.11. The predicted molar refractivity (Wildman–Crippen MR) is 77.6 cm³/mol. The first-order chi connectivity index (χ1) is 8.99. The molecule has 1 aromatic carbocycles. The molecular weight excluding hydrogens is 263 g/mol. The summed E-state index contributed by atoms with van der Waals surface area (Å²) in [5, 5.41) is 0. The summed E-state index contributed by atoms with van der Waals surface area (Å²) in [5.41, 5.74) is 6.49. The molecule has 0 saturated heterocycles. The normalized spacial score (nSPS) is 10.5. The van der Waals surface area contributed by atoms with Gasteiger partial charge in [-0.05, 0) is 18.2 Å². The van der Waals surface area contributed by atoms with Crippen molar-refractivity contribution in [1.82, 2.24) is 9.55 Å². The van der Waals surface area contributed by atoms with E-state index in [1.54, 1.807) is 23.2 Å². The summed E-state index contributed by atoms with van der Waals surface area (Å²) in [7, 11) is 3.72. The molecule has 2 aromatic rings. The fourth-order valence-corrected chi connectivity index (χ4v) is 1.94. The third kappa shape index (κ3) is 2.90. The summed E-state index contributed by atoms with van der Waals surface area (Å²) < 4.78 is 15.9. The molecule has 19 heavy (non-hydrogen) atoms. The molecule has 6 heteroatoms. The number of halogens is 1. The van der Waals surface area contributed by atoms with Crippen LogP contribution in [0.1, 0.15) is 11.4 Å². The van der Waals surface area contributed by atoms with E-state index in [1.165, 1.54) is 6.07 Å². The number of nitrogens with zero attached hydrogens (tertiary/aromatic N) is 3. The Labute approximate surface area is 116 Å². The van der Waals surface area contributed by atoms with E-state index in [0.717, 1.165) is 5.82 Å². The monoisotopic (exact) mass is 278 g/mol.